The van der Waals surface area contributed by atoms with Crippen molar-refractivity contribution in [1.82, 2.24) is 19.6 Å². The Labute approximate surface area is 248 Å². The number of aromatic nitrogens is 4. The lowest BCUT2D eigenvalue weighted by molar-refractivity contribution is 0.809. The molecule has 0 bridgehead atoms. The molecule has 1 spiro atoms. The predicted molar refractivity (Wildman–Crippen MR) is 172 cm³/mol. The van der Waals surface area contributed by atoms with Crippen LogP contribution in [-0.4, -0.2) is 19.6 Å². The number of benzene rings is 6. The molecule has 2 heterocycles. The van der Waals surface area contributed by atoms with Crippen molar-refractivity contribution >= 4 is 21.8 Å². The van der Waals surface area contributed by atoms with Gasteiger partial charge in [0.25, 0.3) is 0 Å². The van der Waals surface area contributed by atoms with Crippen LogP contribution in [0.15, 0.2) is 146 Å². The van der Waals surface area contributed by atoms with E-state index in [0.717, 1.165) is 22.4 Å². The summed E-state index contributed by atoms with van der Waals surface area (Å²) >= 11 is 0. The van der Waals surface area contributed by atoms with E-state index in [9.17, 15) is 0 Å². The molecule has 8 aromatic rings. The van der Waals surface area contributed by atoms with Crippen LogP contribution in [0.25, 0.3) is 55.4 Å². The second-order valence-electron chi connectivity index (χ2n) is 11.5. The van der Waals surface area contributed by atoms with Crippen molar-refractivity contribution in [1.29, 1.82) is 0 Å². The highest BCUT2D eigenvalue weighted by atomic mass is 15.3. The van der Waals surface area contributed by atoms with Gasteiger partial charge in [0.05, 0.1) is 40.2 Å². The Balaban J connectivity index is 1.38. The number of rotatable bonds is 2. The van der Waals surface area contributed by atoms with Gasteiger partial charge in [-0.25, -0.2) is 9.36 Å². The molecule has 2 aromatic heterocycles. The molecule has 43 heavy (non-hydrogen) atoms. The van der Waals surface area contributed by atoms with Crippen molar-refractivity contribution in [2.75, 3.05) is 0 Å². The van der Waals surface area contributed by atoms with E-state index in [2.05, 4.69) is 143 Å². The second kappa shape index (κ2) is 8.17. The number of fused-ring (bicyclic) bond motifs is 14. The molecule has 0 fully saturated rings. The molecule has 0 atom stereocenters. The molecule has 4 nitrogen and oxygen atoms in total. The summed E-state index contributed by atoms with van der Waals surface area (Å²) in [5.74, 6) is 0. The monoisotopic (exact) mass is 548 g/mol. The lowest BCUT2D eigenvalue weighted by atomic mass is 9.69. The number of hydrogen-bond acceptors (Lipinski definition) is 2. The fourth-order valence-corrected chi connectivity index (χ4v) is 7.91. The van der Waals surface area contributed by atoms with Gasteiger partial charge in [0, 0.05) is 10.8 Å². The van der Waals surface area contributed by atoms with Gasteiger partial charge in [0.15, 0.2) is 0 Å². The molecule has 0 aliphatic heterocycles. The van der Waals surface area contributed by atoms with Crippen molar-refractivity contribution in [2.45, 2.75) is 5.41 Å². The molecule has 10 rings (SSSR count). The number of hydrogen-bond donors (Lipinski definition) is 0. The van der Waals surface area contributed by atoms with Crippen LogP contribution in [0.3, 0.4) is 0 Å². The highest BCUT2D eigenvalue weighted by molar-refractivity contribution is 6.07. The summed E-state index contributed by atoms with van der Waals surface area (Å²) in [6.07, 6.45) is 4.14. The van der Waals surface area contributed by atoms with E-state index in [1.807, 2.05) is 12.1 Å². The Morgan fingerprint density at radius 1 is 0.395 bits per heavy atom. The largest absolute Gasteiger partial charge is 0.233 e. The Morgan fingerprint density at radius 2 is 0.814 bits per heavy atom. The third kappa shape index (κ3) is 2.76. The second-order valence-corrected chi connectivity index (χ2v) is 11.5. The summed E-state index contributed by atoms with van der Waals surface area (Å²) < 4.78 is 4.14. The van der Waals surface area contributed by atoms with Gasteiger partial charge in [0.1, 0.15) is 0 Å². The zero-order chi connectivity index (χ0) is 28.1. The first-order valence-corrected chi connectivity index (χ1v) is 14.7. The van der Waals surface area contributed by atoms with Crippen LogP contribution in [0.4, 0.5) is 0 Å². The van der Waals surface area contributed by atoms with Gasteiger partial charge in [-0.05, 0) is 80.9 Å². The summed E-state index contributed by atoms with van der Waals surface area (Å²) in [4.78, 5) is 0. The lowest BCUT2D eigenvalue weighted by Gasteiger charge is -2.31. The van der Waals surface area contributed by atoms with Crippen LogP contribution in [0.2, 0.25) is 0 Å². The highest BCUT2D eigenvalue weighted by Crippen LogP contribution is 2.65. The van der Waals surface area contributed by atoms with Crippen LogP contribution in [0, 0.1) is 0 Å². The topological polar surface area (TPSA) is 35.6 Å². The first-order valence-electron chi connectivity index (χ1n) is 14.7. The molecule has 0 unspecified atom stereocenters. The van der Waals surface area contributed by atoms with E-state index in [4.69, 9.17) is 10.2 Å². The first kappa shape index (κ1) is 22.9. The van der Waals surface area contributed by atoms with Crippen molar-refractivity contribution in [3.8, 4) is 33.6 Å². The number of para-hydroxylation sites is 2. The zero-order valence-electron chi connectivity index (χ0n) is 23.1. The van der Waals surface area contributed by atoms with E-state index in [0.29, 0.717) is 0 Å². The Kier molecular flexibility index (Phi) is 4.35. The molecule has 0 radical (unpaired) electrons. The van der Waals surface area contributed by atoms with Crippen LogP contribution < -0.4 is 0 Å². The summed E-state index contributed by atoms with van der Waals surface area (Å²) in [5.41, 5.74) is 14.2. The molecule has 2 aliphatic rings. The van der Waals surface area contributed by atoms with E-state index < -0.39 is 5.41 Å². The maximum absolute atomic E-state index is 4.98. The third-order valence-electron chi connectivity index (χ3n) is 9.50. The minimum absolute atomic E-state index is 0.508. The Bertz CT molecular complexity index is 2230. The third-order valence-corrected chi connectivity index (χ3v) is 9.50. The minimum Gasteiger partial charge on any atom is -0.233 e. The van der Waals surface area contributed by atoms with Crippen LogP contribution >= 0.6 is 0 Å². The fourth-order valence-electron chi connectivity index (χ4n) is 7.91. The van der Waals surface area contributed by atoms with Crippen molar-refractivity contribution in [3.63, 3.8) is 0 Å². The smallest absolute Gasteiger partial charge is 0.0744 e. The summed E-state index contributed by atoms with van der Waals surface area (Å²) in [7, 11) is 0. The normalized spacial score (nSPS) is 13.8. The molecule has 2 aliphatic carbocycles. The maximum atomic E-state index is 4.98. The molecule has 0 amide bonds. The highest BCUT2D eigenvalue weighted by Gasteiger charge is 2.53. The lowest BCUT2D eigenvalue weighted by Crippen LogP contribution is -2.26. The van der Waals surface area contributed by atoms with Crippen LogP contribution in [0.1, 0.15) is 22.3 Å². The quantitative estimate of drug-likeness (QED) is 0.217. The average molecular weight is 549 g/mol. The summed E-state index contributed by atoms with van der Waals surface area (Å²) in [6, 6.07) is 47.8. The number of nitrogens with zero attached hydrogens (tertiary/aromatic N) is 4. The van der Waals surface area contributed by atoms with Gasteiger partial charge in [-0.1, -0.05) is 97.1 Å². The van der Waals surface area contributed by atoms with Gasteiger partial charge in [-0.2, -0.15) is 10.2 Å². The molecule has 0 N–H and O–H groups in total. The van der Waals surface area contributed by atoms with Crippen LogP contribution in [0.5, 0.6) is 0 Å². The summed E-state index contributed by atoms with van der Waals surface area (Å²) in [5, 5.41) is 12.3. The van der Waals surface area contributed by atoms with Gasteiger partial charge >= 0.3 is 0 Å². The maximum Gasteiger partial charge on any atom is 0.0744 e. The van der Waals surface area contributed by atoms with E-state index >= 15 is 0 Å². The van der Waals surface area contributed by atoms with Gasteiger partial charge in [0.2, 0.25) is 0 Å². The molecule has 6 aromatic carbocycles. The Morgan fingerprint density at radius 3 is 1.28 bits per heavy atom. The predicted octanol–water partition coefficient (Wildman–Crippen LogP) is 8.71. The van der Waals surface area contributed by atoms with Gasteiger partial charge in [-0.3, -0.25) is 0 Å². The van der Waals surface area contributed by atoms with Gasteiger partial charge < -0.3 is 0 Å². The van der Waals surface area contributed by atoms with Crippen LogP contribution in [-0.2, 0) is 5.41 Å². The fraction of sp³-hybridized carbons (Fsp3) is 0.0256. The van der Waals surface area contributed by atoms with E-state index in [-0.39, 0.29) is 0 Å². The van der Waals surface area contributed by atoms with Crippen molar-refractivity contribution < 1.29 is 0 Å². The standard InChI is InChI=1S/C39H24N4/c1-3-11-25(12-4-1)42-35-21-19-29-27-15-7-9-17-33(27)39(37(29)31(35)23-40-42)34-18-10-8-16-28(34)30-20-22-36-32(38(30)39)24-41-43(36)26-13-5-2-6-14-26/h1-24H. The molecule has 0 saturated carbocycles. The zero-order valence-corrected chi connectivity index (χ0v) is 23.1. The van der Waals surface area contributed by atoms with E-state index in [1.54, 1.807) is 0 Å². The molecule has 4 heteroatoms. The molecular weight excluding hydrogens is 524 g/mol. The molecule has 200 valence electrons. The van der Waals surface area contributed by atoms with E-state index in [1.165, 1.54) is 55.3 Å². The SMILES string of the molecule is c1ccc(-n2ncc3c4c(ccc32)-c2ccccc2C42c3ccccc3-c3ccc4c(cnn4-c4ccccc4)c32)cc1. The van der Waals surface area contributed by atoms with Gasteiger partial charge in [-0.15, -0.1) is 0 Å². The van der Waals surface area contributed by atoms with Crippen molar-refractivity contribution in [3.05, 3.63) is 168 Å². The minimum atomic E-state index is -0.508. The van der Waals surface area contributed by atoms with Crippen molar-refractivity contribution in [2.24, 2.45) is 0 Å². The summed E-state index contributed by atoms with van der Waals surface area (Å²) in [6.45, 7) is 0. The molecular formula is C39H24N4. The first-order chi connectivity index (χ1) is 21.4. The Hall–Kier alpha value is -5.74. The molecule has 0 saturated heterocycles. The average Bonchev–Trinajstić information content (AvgIpc) is 3.83.